The molecule has 0 aliphatic rings. The third-order valence-corrected chi connectivity index (χ3v) is 5.45. The highest BCUT2D eigenvalue weighted by Gasteiger charge is 2.50. The second kappa shape index (κ2) is 9.95. The van der Waals surface area contributed by atoms with Gasteiger partial charge in [-0.1, -0.05) is 23.3 Å². The number of aromatic nitrogens is 3. The number of halogens is 10. The molecule has 15 heteroatoms. The molecule has 2 heterocycles. The summed E-state index contributed by atoms with van der Waals surface area (Å²) in [5, 5.41) is 9.50. The monoisotopic (exact) mass is 560 g/mol. The van der Waals surface area contributed by atoms with Crippen molar-refractivity contribution in [3.8, 4) is 22.7 Å². The van der Waals surface area contributed by atoms with Gasteiger partial charge in [0.2, 0.25) is 12.1 Å². The molecule has 0 bridgehead atoms. The minimum absolute atomic E-state index is 0.121. The first-order chi connectivity index (χ1) is 16.9. The van der Waals surface area contributed by atoms with E-state index in [-0.39, 0.29) is 34.2 Å². The summed E-state index contributed by atoms with van der Waals surface area (Å²) in [7, 11) is 0.904. The first-order valence-corrected chi connectivity index (χ1v) is 10.7. The van der Waals surface area contributed by atoms with Crippen molar-refractivity contribution in [2.24, 2.45) is 7.05 Å². The average Bonchev–Trinajstić information content (AvgIpc) is 3.36. The van der Waals surface area contributed by atoms with E-state index in [0.29, 0.717) is 4.68 Å². The van der Waals surface area contributed by atoms with Gasteiger partial charge in [-0.2, -0.15) is 31.4 Å². The first-order valence-electron chi connectivity index (χ1n) is 10.3. The van der Waals surface area contributed by atoms with Crippen molar-refractivity contribution in [1.82, 2.24) is 20.3 Å². The summed E-state index contributed by atoms with van der Waals surface area (Å²) in [6.45, 7) is 4.35. The van der Waals surface area contributed by atoms with Crippen LogP contribution in [0.15, 0.2) is 35.4 Å². The molecule has 0 amide bonds. The second-order valence-corrected chi connectivity index (χ2v) is 8.54. The van der Waals surface area contributed by atoms with Crippen molar-refractivity contribution in [1.29, 1.82) is 0 Å². The normalized spacial score (nSPS) is 13.6. The maximum absolute atomic E-state index is 13.9. The minimum Gasteiger partial charge on any atom is -0.385 e. The van der Waals surface area contributed by atoms with Gasteiger partial charge >= 0.3 is 12.4 Å². The molecule has 3 aromatic rings. The van der Waals surface area contributed by atoms with Crippen LogP contribution in [0.1, 0.15) is 36.3 Å². The Hall–Kier alpha value is -3.16. The van der Waals surface area contributed by atoms with Crippen molar-refractivity contribution in [3.63, 3.8) is 0 Å². The Morgan fingerprint density at radius 3 is 2.35 bits per heavy atom. The Morgan fingerprint density at radius 2 is 1.78 bits per heavy atom. The van der Waals surface area contributed by atoms with E-state index in [0.717, 1.165) is 20.0 Å². The van der Waals surface area contributed by atoms with Gasteiger partial charge in [0.1, 0.15) is 22.6 Å². The number of nitrogens with zero attached hydrogens (tertiary/aromatic N) is 3. The fourth-order valence-corrected chi connectivity index (χ4v) is 3.64. The fraction of sp³-hybridized carbons (Fsp3) is 0.364. The highest BCUT2D eigenvalue weighted by Crippen LogP contribution is 2.46. The van der Waals surface area contributed by atoms with E-state index >= 15 is 0 Å². The van der Waals surface area contributed by atoms with Crippen LogP contribution >= 0.6 is 11.6 Å². The molecule has 1 unspecified atom stereocenters. The van der Waals surface area contributed by atoms with E-state index in [4.69, 9.17) is 16.1 Å². The number of rotatable bonds is 8. The summed E-state index contributed by atoms with van der Waals surface area (Å²) in [6.07, 6.45) is -15.5. The zero-order valence-corrected chi connectivity index (χ0v) is 19.8. The van der Waals surface area contributed by atoms with Gasteiger partial charge in [0.05, 0.1) is 0 Å². The van der Waals surface area contributed by atoms with Gasteiger partial charge < -0.3 is 9.84 Å². The van der Waals surface area contributed by atoms with Crippen molar-refractivity contribution in [3.05, 3.63) is 52.7 Å². The van der Waals surface area contributed by atoms with E-state index in [1.807, 2.05) is 0 Å². The number of hydrogen-bond acceptors (Lipinski definition) is 4. The summed E-state index contributed by atoms with van der Waals surface area (Å²) in [4.78, 5) is 0. The highest BCUT2D eigenvalue weighted by molar-refractivity contribution is 6.32. The molecule has 2 aromatic heterocycles. The van der Waals surface area contributed by atoms with Crippen LogP contribution in [-0.4, -0.2) is 33.6 Å². The minimum atomic E-state index is -5.62. The SMILES string of the molecule is C=C(NCCC(C)(F)F)c1cc(-c2cc(-c3c(C(F)(F)F)c(C(F)C(F)(F)F)nn3C)no2)ccc1Cl. The summed E-state index contributed by atoms with van der Waals surface area (Å²) in [5.41, 5.74) is -4.63. The van der Waals surface area contributed by atoms with Gasteiger partial charge in [0.15, 0.2) is 5.76 Å². The number of hydrogen-bond donors (Lipinski definition) is 1. The van der Waals surface area contributed by atoms with Crippen LogP contribution in [0.2, 0.25) is 5.02 Å². The van der Waals surface area contributed by atoms with Crippen LogP contribution in [0.5, 0.6) is 0 Å². The van der Waals surface area contributed by atoms with Crippen molar-refractivity contribution in [2.45, 2.75) is 37.8 Å². The van der Waals surface area contributed by atoms with Crippen LogP contribution in [0.3, 0.4) is 0 Å². The molecule has 0 aliphatic heterocycles. The number of alkyl halides is 9. The second-order valence-electron chi connectivity index (χ2n) is 8.13. The smallest absolute Gasteiger partial charge is 0.385 e. The number of aryl methyl sites for hydroxylation is 1. The van der Waals surface area contributed by atoms with Gasteiger partial charge in [-0.25, -0.2) is 13.2 Å². The highest BCUT2D eigenvalue weighted by atomic mass is 35.5. The molecular weight excluding hydrogens is 543 g/mol. The van der Waals surface area contributed by atoms with Crippen LogP contribution in [0.4, 0.5) is 39.5 Å². The molecule has 202 valence electrons. The molecular formula is C22H18ClF9N4O. The molecule has 0 aliphatic carbocycles. The Bertz CT molecular complexity index is 1290. The van der Waals surface area contributed by atoms with Gasteiger partial charge in [0.25, 0.3) is 0 Å². The van der Waals surface area contributed by atoms with Crippen LogP contribution in [-0.2, 0) is 13.2 Å². The predicted octanol–water partition coefficient (Wildman–Crippen LogP) is 7.59. The fourth-order valence-electron chi connectivity index (χ4n) is 3.41. The van der Waals surface area contributed by atoms with Crippen molar-refractivity contribution < 1.29 is 44.0 Å². The molecule has 5 nitrogen and oxygen atoms in total. The van der Waals surface area contributed by atoms with Crippen LogP contribution < -0.4 is 5.32 Å². The molecule has 1 aromatic carbocycles. The summed E-state index contributed by atoms with van der Waals surface area (Å²) in [6, 6.07) is 5.19. The van der Waals surface area contributed by atoms with E-state index < -0.39 is 53.5 Å². The average molecular weight is 561 g/mol. The number of benzene rings is 1. The molecule has 0 fully saturated rings. The Balaban J connectivity index is 1.99. The molecule has 0 radical (unpaired) electrons. The Kier molecular flexibility index (Phi) is 7.64. The number of nitrogens with one attached hydrogen (secondary N) is 1. The van der Waals surface area contributed by atoms with E-state index in [1.165, 1.54) is 18.2 Å². The van der Waals surface area contributed by atoms with Gasteiger partial charge in [0, 0.05) is 47.9 Å². The van der Waals surface area contributed by atoms with Crippen molar-refractivity contribution in [2.75, 3.05) is 6.54 Å². The van der Waals surface area contributed by atoms with Gasteiger partial charge in [-0.3, -0.25) is 4.68 Å². The Labute approximate surface area is 208 Å². The topological polar surface area (TPSA) is 55.9 Å². The Morgan fingerprint density at radius 1 is 1.14 bits per heavy atom. The standard InChI is InChI=1S/C22H18ClF9N4O/c1-10(33-7-6-20(2,25)26)12-8-11(4-5-13(12)23)15-9-14(35-37-15)18-16(21(27,28)29)17(34-36(18)3)19(24)22(30,31)32/h4-5,8-9,19,33H,1,6-7H2,2-3H3. The summed E-state index contributed by atoms with van der Waals surface area (Å²) < 4.78 is 125. The molecule has 0 saturated carbocycles. The van der Waals surface area contributed by atoms with Crippen molar-refractivity contribution >= 4 is 17.3 Å². The van der Waals surface area contributed by atoms with Crippen LogP contribution in [0.25, 0.3) is 28.4 Å². The van der Waals surface area contributed by atoms with Gasteiger partial charge in [-0.05, 0) is 25.1 Å². The molecule has 3 rings (SSSR count). The summed E-state index contributed by atoms with van der Waals surface area (Å²) in [5.74, 6) is -3.04. The zero-order chi connectivity index (χ0) is 27.9. The third kappa shape index (κ3) is 6.40. The van der Waals surface area contributed by atoms with E-state index in [1.54, 1.807) is 0 Å². The predicted molar refractivity (Wildman–Crippen MR) is 116 cm³/mol. The maximum Gasteiger partial charge on any atom is 0.425 e. The lowest BCUT2D eigenvalue weighted by Crippen LogP contribution is -2.21. The first kappa shape index (κ1) is 28.4. The maximum atomic E-state index is 13.9. The van der Waals surface area contributed by atoms with E-state index in [2.05, 4.69) is 22.2 Å². The molecule has 1 N–H and O–H groups in total. The largest absolute Gasteiger partial charge is 0.425 e. The van der Waals surface area contributed by atoms with E-state index in [9.17, 15) is 39.5 Å². The molecule has 1 atom stereocenters. The molecule has 0 saturated heterocycles. The quantitative estimate of drug-likeness (QED) is 0.288. The lowest BCUT2D eigenvalue weighted by atomic mass is 10.0. The lowest BCUT2D eigenvalue weighted by Gasteiger charge is -2.14. The van der Waals surface area contributed by atoms with Crippen LogP contribution in [0, 0.1) is 0 Å². The summed E-state index contributed by atoms with van der Waals surface area (Å²) >= 11 is 6.15. The van der Waals surface area contributed by atoms with Gasteiger partial charge in [-0.15, -0.1) is 0 Å². The molecule has 37 heavy (non-hydrogen) atoms. The molecule has 0 spiro atoms. The zero-order valence-electron chi connectivity index (χ0n) is 19.0. The lowest BCUT2D eigenvalue weighted by molar-refractivity contribution is -0.187. The third-order valence-electron chi connectivity index (χ3n) is 5.12.